The zero-order chi connectivity index (χ0) is 35.3. The van der Waals surface area contributed by atoms with Crippen LogP contribution in [0.1, 0.15) is 0 Å². The van der Waals surface area contributed by atoms with Gasteiger partial charge in [-0.1, -0.05) is 115 Å². The van der Waals surface area contributed by atoms with Gasteiger partial charge in [0.15, 0.2) is 0 Å². The molecule has 0 bridgehead atoms. The summed E-state index contributed by atoms with van der Waals surface area (Å²) < 4.78 is 4.77. The first-order chi connectivity index (χ1) is 26.8. The van der Waals surface area contributed by atoms with Crippen molar-refractivity contribution in [1.82, 2.24) is 14.1 Å². The second-order valence-electron chi connectivity index (χ2n) is 14.4. The minimum Gasteiger partial charge on any atom is -0.309 e. The highest BCUT2D eigenvalue weighted by molar-refractivity contribution is 6.19. The Kier molecular flexibility index (Phi) is 6.05. The number of pyridine rings is 1. The molecule has 1 aliphatic carbocycles. The van der Waals surface area contributed by atoms with Gasteiger partial charge in [-0.15, -0.1) is 0 Å². The molecule has 3 heterocycles. The lowest BCUT2D eigenvalue weighted by Gasteiger charge is -2.11. The van der Waals surface area contributed by atoms with Crippen LogP contribution in [-0.4, -0.2) is 14.1 Å². The van der Waals surface area contributed by atoms with Crippen molar-refractivity contribution in [2.45, 2.75) is 0 Å². The van der Waals surface area contributed by atoms with Crippen LogP contribution >= 0.6 is 0 Å². The van der Waals surface area contributed by atoms with Gasteiger partial charge in [0, 0.05) is 61.0 Å². The summed E-state index contributed by atoms with van der Waals surface area (Å²) in [6.45, 7) is 0. The monoisotopic (exact) mass is 685 g/mol. The van der Waals surface area contributed by atoms with E-state index in [-0.39, 0.29) is 0 Å². The summed E-state index contributed by atoms with van der Waals surface area (Å²) >= 11 is 0. The number of hydrogen-bond acceptors (Lipinski definition) is 1. The molecule has 54 heavy (non-hydrogen) atoms. The largest absolute Gasteiger partial charge is 0.309 e. The molecule has 0 spiro atoms. The van der Waals surface area contributed by atoms with Crippen molar-refractivity contribution < 1.29 is 0 Å². The first-order valence-corrected chi connectivity index (χ1v) is 18.5. The topological polar surface area (TPSA) is 22.8 Å². The van der Waals surface area contributed by atoms with Gasteiger partial charge in [0.2, 0.25) is 0 Å². The molecular weight excluding hydrogens is 655 g/mol. The highest BCUT2D eigenvalue weighted by atomic mass is 15.0. The molecule has 3 nitrogen and oxygen atoms in total. The van der Waals surface area contributed by atoms with Crippen LogP contribution in [0.5, 0.6) is 0 Å². The number of para-hydroxylation sites is 3. The molecule has 0 fully saturated rings. The van der Waals surface area contributed by atoms with Gasteiger partial charge in [0.05, 0.1) is 27.8 Å². The normalized spacial score (nSPS) is 12.1. The molecule has 1 aliphatic rings. The summed E-state index contributed by atoms with van der Waals surface area (Å²) in [5, 5.41) is 7.41. The third-order valence-corrected chi connectivity index (χ3v) is 11.5. The zero-order valence-electron chi connectivity index (χ0n) is 29.2. The fraction of sp³-hybridized carbons (Fsp3) is 0. The Morgan fingerprint density at radius 3 is 1.52 bits per heavy atom. The van der Waals surface area contributed by atoms with Crippen LogP contribution in [0.3, 0.4) is 0 Å². The SMILES string of the molecule is c1ccc(-n2c3ccccc3c3cc(-c4ccc5c(c4)c4cc(-c6ncc7cccc8c7c6-c6ccccc6-8)ccc4n5-c4ccccc4)ccc32)cc1. The summed E-state index contributed by atoms with van der Waals surface area (Å²) in [5.41, 5.74) is 16.7. The highest BCUT2D eigenvalue weighted by Gasteiger charge is 2.26. The van der Waals surface area contributed by atoms with Crippen LogP contribution in [0.25, 0.3) is 110 Å². The summed E-state index contributed by atoms with van der Waals surface area (Å²) in [7, 11) is 0. The Morgan fingerprint density at radius 1 is 0.352 bits per heavy atom. The Balaban J connectivity index is 1.09. The van der Waals surface area contributed by atoms with Crippen molar-refractivity contribution in [3.8, 4) is 56.0 Å². The van der Waals surface area contributed by atoms with Gasteiger partial charge < -0.3 is 9.13 Å². The van der Waals surface area contributed by atoms with Crippen LogP contribution in [0, 0.1) is 0 Å². The molecule has 0 radical (unpaired) electrons. The smallest absolute Gasteiger partial charge is 0.0787 e. The maximum absolute atomic E-state index is 5.17. The standard InChI is InChI=1S/C51H31N3/c1-3-13-36(14-4-1)53-45-21-10-9-18-39(45)42-28-32(22-25-46(42)53)33-23-26-47-43(29-33)44-30-34(24-27-48(44)54(47)37-15-5-2-6-16-37)51-50-41-19-8-7-17-38(41)40-20-11-12-35(31-52-51)49(40)50/h1-31H. The molecule has 0 unspecified atom stereocenters. The molecule has 0 aliphatic heterocycles. The fourth-order valence-corrected chi connectivity index (χ4v) is 9.13. The van der Waals surface area contributed by atoms with Gasteiger partial charge in [0.25, 0.3) is 0 Å². The molecule has 250 valence electrons. The van der Waals surface area contributed by atoms with Gasteiger partial charge in [-0.25, -0.2) is 0 Å². The van der Waals surface area contributed by atoms with E-state index >= 15 is 0 Å². The van der Waals surface area contributed by atoms with Crippen molar-refractivity contribution in [2.24, 2.45) is 0 Å². The number of benzene rings is 8. The van der Waals surface area contributed by atoms with E-state index in [1.165, 1.54) is 93.5 Å². The van der Waals surface area contributed by atoms with Crippen molar-refractivity contribution >= 4 is 54.4 Å². The van der Waals surface area contributed by atoms with E-state index in [0.29, 0.717) is 0 Å². The predicted octanol–water partition coefficient (Wildman–Crippen LogP) is 13.4. The van der Waals surface area contributed by atoms with Crippen molar-refractivity contribution in [3.63, 3.8) is 0 Å². The third-order valence-electron chi connectivity index (χ3n) is 11.5. The Labute approximate surface area is 311 Å². The minimum atomic E-state index is 1.03. The average molecular weight is 686 g/mol. The van der Waals surface area contributed by atoms with E-state index in [9.17, 15) is 0 Å². The fourth-order valence-electron chi connectivity index (χ4n) is 9.13. The van der Waals surface area contributed by atoms with E-state index in [2.05, 4.69) is 191 Å². The third kappa shape index (κ3) is 4.09. The van der Waals surface area contributed by atoms with Crippen molar-refractivity contribution in [1.29, 1.82) is 0 Å². The van der Waals surface area contributed by atoms with Crippen LogP contribution in [0.4, 0.5) is 0 Å². The molecule has 11 aromatic rings. The quantitative estimate of drug-likeness (QED) is 0.181. The summed E-state index contributed by atoms with van der Waals surface area (Å²) in [4.78, 5) is 5.17. The molecule has 0 atom stereocenters. The van der Waals surface area contributed by atoms with E-state index in [1.54, 1.807) is 0 Å². The van der Waals surface area contributed by atoms with E-state index < -0.39 is 0 Å². The molecule has 0 saturated heterocycles. The molecule has 0 amide bonds. The minimum absolute atomic E-state index is 1.03. The van der Waals surface area contributed by atoms with Gasteiger partial charge in [-0.3, -0.25) is 4.98 Å². The number of rotatable bonds is 4. The van der Waals surface area contributed by atoms with Crippen LogP contribution < -0.4 is 0 Å². The van der Waals surface area contributed by atoms with Crippen LogP contribution in [0.15, 0.2) is 188 Å². The number of fused-ring (bicyclic) bond motifs is 9. The van der Waals surface area contributed by atoms with Gasteiger partial charge >= 0.3 is 0 Å². The van der Waals surface area contributed by atoms with E-state index in [0.717, 1.165) is 16.9 Å². The molecule has 0 saturated carbocycles. The first-order valence-electron chi connectivity index (χ1n) is 18.5. The number of aromatic nitrogens is 3. The van der Waals surface area contributed by atoms with E-state index in [4.69, 9.17) is 4.98 Å². The van der Waals surface area contributed by atoms with Crippen LogP contribution in [0.2, 0.25) is 0 Å². The molecule has 8 aromatic carbocycles. The highest BCUT2D eigenvalue weighted by Crippen LogP contribution is 2.50. The van der Waals surface area contributed by atoms with Crippen LogP contribution in [-0.2, 0) is 0 Å². The molecule has 12 rings (SSSR count). The maximum Gasteiger partial charge on any atom is 0.0787 e. The molecule has 3 heteroatoms. The number of nitrogens with zero attached hydrogens (tertiary/aromatic N) is 3. The lowest BCUT2D eigenvalue weighted by atomic mass is 9.96. The van der Waals surface area contributed by atoms with Crippen molar-refractivity contribution in [2.75, 3.05) is 0 Å². The maximum atomic E-state index is 5.17. The Bertz CT molecular complexity index is 3310. The summed E-state index contributed by atoms with van der Waals surface area (Å²) in [6, 6.07) is 66.2. The molecule has 0 N–H and O–H groups in total. The van der Waals surface area contributed by atoms with Crippen molar-refractivity contribution in [3.05, 3.63) is 188 Å². The lowest BCUT2D eigenvalue weighted by molar-refractivity contribution is 1.18. The van der Waals surface area contributed by atoms with Gasteiger partial charge in [-0.2, -0.15) is 0 Å². The Hall–Kier alpha value is -7.23. The second kappa shape index (κ2) is 11.1. The lowest BCUT2D eigenvalue weighted by Crippen LogP contribution is -1.93. The zero-order valence-corrected chi connectivity index (χ0v) is 29.2. The first kappa shape index (κ1) is 29.4. The molecular formula is C51H31N3. The molecule has 3 aromatic heterocycles. The second-order valence-corrected chi connectivity index (χ2v) is 14.4. The van der Waals surface area contributed by atoms with Gasteiger partial charge in [0.1, 0.15) is 0 Å². The van der Waals surface area contributed by atoms with E-state index in [1.807, 2.05) is 6.20 Å². The number of hydrogen-bond donors (Lipinski definition) is 0. The Morgan fingerprint density at radius 2 is 0.852 bits per heavy atom. The summed E-state index contributed by atoms with van der Waals surface area (Å²) in [6.07, 6.45) is 2.05. The summed E-state index contributed by atoms with van der Waals surface area (Å²) in [5.74, 6) is 0. The average Bonchev–Trinajstić information content (AvgIpc) is 3.88. The van der Waals surface area contributed by atoms with Gasteiger partial charge in [-0.05, 0) is 94.5 Å². The predicted molar refractivity (Wildman–Crippen MR) is 226 cm³/mol.